The molecule has 0 unspecified atom stereocenters. The van der Waals surface area contributed by atoms with Gasteiger partial charge in [0.1, 0.15) is 18.3 Å². The molecule has 0 saturated carbocycles. The molecule has 1 aliphatic heterocycles. The third-order valence-electron chi connectivity index (χ3n) is 5.06. The average molecular weight is 442 g/mol. The molecule has 0 radical (unpaired) electrons. The zero-order valence-corrected chi connectivity index (χ0v) is 17.3. The predicted octanol–water partition coefficient (Wildman–Crippen LogP) is 2.59. The van der Waals surface area contributed by atoms with Crippen LogP contribution in [-0.2, 0) is 4.79 Å². The Morgan fingerprint density at radius 3 is 2.61 bits per heavy atom. The molecular formula is C20H20ClN7O3. The van der Waals surface area contributed by atoms with Crippen LogP contribution in [0.2, 0.25) is 5.02 Å². The molecule has 160 valence electrons. The number of nitro benzene ring substituents is 1. The molecule has 10 nitrogen and oxygen atoms in total. The van der Waals surface area contributed by atoms with E-state index >= 15 is 0 Å². The summed E-state index contributed by atoms with van der Waals surface area (Å²) in [5, 5.41) is 18.8. The summed E-state index contributed by atoms with van der Waals surface area (Å²) in [5.74, 6) is -0.178. The molecule has 1 aromatic heterocycles. The first-order valence-electron chi connectivity index (χ1n) is 9.66. The van der Waals surface area contributed by atoms with Crippen molar-refractivity contribution in [2.24, 2.45) is 0 Å². The molecule has 3 aromatic rings. The van der Waals surface area contributed by atoms with Gasteiger partial charge in [-0.3, -0.25) is 19.8 Å². The predicted molar refractivity (Wildman–Crippen MR) is 117 cm³/mol. The SMILES string of the molecule is O=C(CN1CCN(c2ccccc2[N+](=O)[O-])CC1)Nc1cc(Cl)ccc1-n1cncn1. The summed E-state index contributed by atoms with van der Waals surface area (Å²) in [5.41, 5.74) is 1.90. The summed E-state index contributed by atoms with van der Waals surface area (Å²) < 4.78 is 1.55. The van der Waals surface area contributed by atoms with E-state index in [1.54, 1.807) is 47.4 Å². The molecule has 11 heteroatoms. The fourth-order valence-electron chi connectivity index (χ4n) is 3.57. The average Bonchev–Trinajstić information content (AvgIpc) is 3.29. The topological polar surface area (TPSA) is 109 Å². The van der Waals surface area contributed by atoms with E-state index in [0.29, 0.717) is 48.3 Å². The van der Waals surface area contributed by atoms with Gasteiger partial charge in [-0.25, -0.2) is 9.67 Å². The van der Waals surface area contributed by atoms with Crippen molar-refractivity contribution in [1.29, 1.82) is 0 Å². The minimum Gasteiger partial charge on any atom is -0.363 e. The Balaban J connectivity index is 1.38. The molecule has 2 heterocycles. The molecule has 0 aliphatic carbocycles. The number of anilines is 2. The highest BCUT2D eigenvalue weighted by Gasteiger charge is 2.24. The third kappa shape index (κ3) is 4.81. The first-order chi connectivity index (χ1) is 15.0. The Morgan fingerprint density at radius 1 is 1.13 bits per heavy atom. The van der Waals surface area contributed by atoms with Crippen molar-refractivity contribution in [2.45, 2.75) is 0 Å². The maximum Gasteiger partial charge on any atom is 0.292 e. The number of hydrogen-bond donors (Lipinski definition) is 1. The minimum absolute atomic E-state index is 0.0929. The summed E-state index contributed by atoms with van der Waals surface area (Å²) in [6.07, 6.45) is 2.96. The van der Waals surface area contributed by atoms with Gasteiger partial charge in [0, 0.05) is 37.3 Å². The van der Waals surface area contributed by atoms with Crippen LogP contribution in [0, 0.1) is 10.1 Å². The van der Waals surface area contributed by atoms with Gasteiger partial charge in [0.05, 0.1) is 22.8 Å². The molecule has 4 rings (SSSR count). The highest BCUT2D eigenvalue weighted by molar-refractivity contribution is 6.31. The number of para-hydroxylation sites is 2. The van der Waals surface area contributed by atoms with Gasteiger partial charge in [0.15, 0.2) is 0 Å². The lowest BCUT2D eigenvalue weighted by atomic mass is 10.2. The van der Waals surface area contributed by atoms with Crippen molar-refractivity contribution in [2.75, 3.05) is 42.9 Å². The first-order valence-corrected chi connectivity index (χ1v) is 10.0. The van der Waals surface area contributed by atoms with E-state index in [1.807, 2.05) is 9.80 Å². The molecule has 2 aromatic carbocycles. The first kappa shape index (κ1) is 20.8. The van der Waals surface area contributed by atoms with E-state index < -0.39 is 0 Å². The molecule has 1 amide bonds. The lowest BCUT2D eigenvalue weighted by molar-refractivity contribution is -0.384. The van der Waals surface area contributed by atoms with E-state index in [9.17, 15) is 14.9 Å². The summed E-state index contributed by atoms with van der Waals surface area (Å²) in [7, 11) is 0. The van der Waals surface area contributed by atoms with Gasteiger partial charge in [-0.05, 0) is 24.3 Å². The number of hydrogen-bond acceptors (Lipinski definition) is 7. The molecule has 1 fully saturated rings. The lowest BCUT2D eigenvalue weighted by Crippen LogP contribution is -2.48. The normalized spacial score (nSPS) is 14.4. The van der Waals surface area contributed by atoms with Crippen LogP contribution in [0.3, 0.4) is 0 Å². The van der Waals surface area contributed by atoms with Crippen LogP contribution in [0.4, 0.5) is 17.1 Å². The summed E-state index contributed by atoms with van der Waals surface area (Å²) in [4.78, 5) is 31.5. The fourth-order valence-corrected chi connectivity index (χ4v) is 3.74. The molecular weight excluding hydrogens is 422 g/mol. The van der Waals surface area contributed by atoms with Crippen LogP contribution in [-0.4, -0.2) is 63.2 Å². The number of nitrogens with one attached hydrogen (secondary N) is 1. The van der Waals surface area contributed by atoms with Crippen molar-refractivity contribution in [3.8, 4) is 5.69 Å². The molecule has 1 N–H and O–H groups in total. The highest BCUT2D eigenvalue weighted by Crippen LogP contribution is 2.28. The quantitative estimate of drug-likeness (QED) is 0.462. The number of carbonyl (C=O) groups is 1. The van der Waals surface area contributed by atoms with Crippen LogP contribution >= 0.6 is 11.6 Å². The minimum atomic E-state index is -0.368. The van der Waals surface area contributed by atoms with E-state index in [1.165, 1.54) is 12.4 Å². The van der Waals surface area contributed by atoms with E-state index in [0.717, 1.165) is 0 Å². The van der Waals surface area contributed by atoms with Crippen LogP contribution in [0.5, 0.6) is 0 Å². The number of carbonyl (C=O) groups excluding carboxylic acids is 1. The summed E-state index contributed by atoms with van der Waals surface area (Å²) >= 11 is 6.10. The van der Waals surface area contributed by atoms with Crippen LogP contribution < -0.4 is 10.2 Å². The highest BCUT2D eigenvalue weighted by atomic mass is 35.5. The Bertz CT molecular complexity index is 1080. The molecule has 0 bridgehead atoms. The Labute approximate surface area is 183 Å². The van der Waals surface area contributed by atoms with Gasteiger partial charge in [-0.15, -0.1) is 0 Å². The molecule has 31 heavy (non-hydrogen) atoms. The van der Waals surface area contributed by atoms with Gasteiger partial charge < -0.3 is 10.2 Å². The monoisotopic (exact) mass is 441 g/mol. The van der Waals surface area contributed by atoms with E-state index in [-0.39, 0.29) is 23.1 Å². The maximum atomic E-state index is 12.7. The number of nitrogens with zero attached hydrogens (tertiary/aromatic N) is 6. The van der Waals surface area contributed by atoms with Crippen LogP contribution in [0.1, 0.15) is 0 Å². The van der Waals surface area contributed by atoms with Crippen molar-refractivity contribution in [1.82, 2.24) is 19.7 Å². The Kier molecular flexibility index (Phi) is 6.10. The lowest BCUT2D eigenvalue weighted by Gasteiger charge is -2.35. The Hall–Kier alpha value is -3.50. The number of piperazine rings is 1. The number of benzene rings is 2. The number of aromatic nitrogens is 3. The second kappa shape index (κ2) is 9.11. The largest absolute Gasteiger partial charge is 0.363 e. The van der Waals surface area contributed by atoms with Gasteiger partial charge >= 0.3 is 0 Å². The zero-order chi connectivity index (χ0) is 21.8. The molecule has 0 atom stereocenters. The van der Waals surface area contributed by atoms with Crippen molar-refractivity contribution < 1.29 is 9.72 Å². The van der Waals surface area contributed by atoms with Crippen LogP contribution in [0.25, 0.3) is 5.69 Å². The molecule has 1 saturated heterocycles. The second-order valence-electron chi connectivity index (χ2n) is 7.06. The number of rotatable bonds is 6. The molecule has 0 spiro atoms. The fraction of sp³-hybridized carbons (Fsp3) is 0.250. The third-order valence-corrected chi connectivity index (χ3v) is 5.29. The van der Waals surface area contributed by atoms with Crippen LogP contribution in [0.15, 0.2) is 55.1 Å². The second-order valence-corrected chi connectivity index (χ2v) is 7.50. The van der Waals surface area contributed by atoms with Gasteiger partial charge in [0.2, 0.25) is 5.91 Å². The molecule has 1 aliphatic rings. The van der Waals surface area contributed by atoms with E-state index in [2.05, 4.69) is 15.4 Å². The Morgan fingerprint density at radius 2 is 1.90 bits per heavy atom. The van der Waals surface area contributed by atoms with Gasteiger partial charge in [-0.1, -0.05) is 23.7 Å². The smallest absolute Gasteiger partial charge is 0.292 e. The summed E-state index contributed by atoms with van der Waals surface area (Å²) in [6, 6.07) is 11.9. The standard InChI is InChI=1S/C20H20ClN7O3/c21-15-5-6-17(27-14-22-13-23-27)16(11-15)24-20(29)12-25-7-9-26(10-8-25)18-3-1-2-4-19(18)28(30)31/h1-6,11,13-14H,7-10,12H2,(H,24,29). The number of halogens is 1. The number of amides is 1. The number of nitro groups is 1. The van der Waals surface area contributed by atoms with Crippen molar-refractivity contribution in [3.63, 3.8) is 0 Å². The van der Waals surface area contributed by atoms with Gasteiger partial charge in [-0.2, -0.15) is 5.10 Å². The maximum absolute atomic E-state index is 12.7. The van der Waals surface area contributed by atoms with Gasteiger partial charge in [0.25, 0.3) is 5.69 Å². The van der Waals surface area contributed by atoms with Crippen molar-refractivity contribution >= 4 is 34.6 Å². The zero-order valence-electron chi connectivity index (χ0n) is 16.5. The van der Waals surface area contributed by atoms with E-state index in [4.69, 9.17) is 11.6 Å². The summed E-state index contributed by atoms with van der Waals surface area (Å²) in [6.45, 7) is 2.63. The van der Waals surface area contributed by atoms with Crippen molar-refractivity contribution in [3.05, 3.63) is 70.3 Å².